The van der Waals surface area contributed by atoms with Crippen molar-refractivity contribution in [2.24, 2.45) is 10.8 Å². The molecular weight excluding hydrogens is 232 g/mol. The highest BCUT2D eigenvalue weighted by Crippen LogP contribution is 2.64. The zero-order valence-corrected chi connectivity index (χ0v) is 10.9. The fourth-order valence-electron chi connectivity index (χ4n) is 3.42. The molecule has 0 aromatic carbocycles. The van der Waals surface area contributed by atoms with Crippen LogP contribution in [-0.4, -0.2) is 24.1 Å². The molecule has 4 heteroatoms. The van der Waals surface area contributed by atoms with Gasteiger partial charge in [0.05, 0.1) is 0 Å². The van der Waals surface area contributed by atoms with Crippen LogP contribution in [0.4, 0.5) is 0 Å². The molecule has 1 fully saturated rings. The van der Waals surface area contributed by atoms with Gasteiger partial charge in [0.1, 0.15) is 12.2 Å². The number of fused-ring (bicyclic) bond motifs is 4. The monoisotopic (exact) mass is 248 g/mol. The molecule has 1 aliphatic carbocycles. The highest BCUT2D eigenvalue weighted by Gasteiger charge is 2.71. The highest BCUT2D eigenvalue weighted by atomic mass is 16.6. The van der Waals surface area contributed by atoms with Crippen molar-refractivity contribution in [2.45, 2.75) is 39.9 Å². The Morgan fingerprint density at radius 3 is 1.56 bits per heavy atom. The largest absolute Gasteiger partial charge is 0.454 e. The fourth-order valence-corrected chi connectivity index (χ4v) is 3.42. The second-order valence-electron chi connectivity index (χ2n) is 5.87. The number of ether oxygens (including phenoxy) is 2. The third-order valence-electron chi connectivity index (χ3n) is 4.76. The molecule has 0 aromatic rings. The van der Waals surface area contributed by atoms with E-state index in [0.29, 0.717) is 11.1 Å². The highest BCUT2D eigenvalue weighted by molar-refractivity contribution is 5.91. The van der Waals surface area contributed by atoms with Crippen LogP contribution in [0.25, 0.3) is 0 Å². The summed E-state index contributed by atoms with van der Waals surface area (Å²) in [7, 11) is 0. The molecule has 3 rings (SSSR count). The summed E-state index contributed by atoms with van der Waals surface area (Å²) >= 11 is 0. The van der Waals surface area contributed by atoms with Crippen molar-refractivity contribution in [3.8, 4) is 0 Å². The van der Waals surface area contributed by atoms with Crippen LogP contribution in [-0.2, 0) is 19.1 Å². The summed E-state index contributed by atoms with van der Waals surface area (Å²) < 4.78 is 10.8. The lowest BCUT2D eigenvalue weighted by molar-refractivity contribution is -0.254. The predicted molar refractivity (Wildman–Crippen MR) is 63.5 cm³/mol. The zero-order chi connectivity index (χ0) is 13.3. The number of carbonyl (C=O) groups is 2. The summed E-state index contributed by atoms with van der Waals surface area (Å²) in [4.78, 5) is 23.2. The molecule has 1 saturated carbocycles. The van der Waals surface area contributed by atoms with Crippen molar-refractivity contribution < 1.29 is 19.1 Å². The maximum Gasteiger partial charge on any atom is 0.333 e. The van der Waals surface area contributed by atoms with Gasteiger partial charge in [-0.05, 0) is 13.8 Å². The topological polar surface area (TPSA) is 52.6 Å². The molecule has 0 bridgehead atoms. The van der Waals surface area contributed by atoms with Gasteiger partial charge in [0.25, 0.3) is 0 Å². The average molecular weight is 248 g/mol. The lowest BCUT2D eigenvalue weighted by Crippen LogP contribution is -2.73. The van der Waals surface area contributed by atoms with Gasteiger partial charge < -0.3 is 9.47 Å². The molecule has 3 aliphatic rings. The van der Waals surface area contributed by atoms with Crippen molar-refractivity contribution in [3.63, 3.8) is 0 Å². The van der Waals surface area contributed by atoms with Gasteiger partial charge in [-0.25, -0.2) is 9.59 Å². The molecule has 0 radical (unpaired) electrons. The summed E-state index contributed by atoms with van der Waals surface area (Å²) in [6.07, 6.45) is 3.19. The summed E-state index contributed by atoms with van der Waals surface area (Å²) in [5.74, 6) is -0.635. The van der Waals surface area contributed by atoms with Crippen LogP contribution < -0.4 is 0 Å². The summed E-state index contributed by atoms with van der Waals surface area (Å²) in [6.45, 7) is 7.61. The molecule has 2 aliphatic heterocycles. The van der Waals surface area contributed by atoms with Crippen LogP contribution in [0.2, 0.25) is 0 Å². The molecule has 96 valence electrons. The van der Waals surface area contributed by atoms with Gasteiger partial charge in [-0.15, -0.1) is 0 Å². The average Bonchev–Trinajstić information content (AvgIpc) is 2.29. The molecule has 0 unspecified atom stereocenters. The lowest BCUT2D eigenvalue weighted by Gasteiger charge is -2.64. The third kappa shape index (κ3) is 1.06. The number of carbonyl (C=O) groups excluding carboxylic acids is 2. The second kappa shape index (κ2) is 3.05. The first-order valence-electron chi connectivity index (χ1n) is 6.10. The van der Waals surface area contributed by atoms with Crippen molar-refractivity contribution >= 4 is 11.9 Å². The molecule has 0 N–H and O–H groups in total. The maximum absolute atomic E-state index is 11.6. The third-order valence-corrected chi connectivity index (χ3v) is 4.76. The smallest absolute Gasteiger partial charge is 0.333 e. The van der Waals surface area contributed by atoms with E-state index in [1.165, 1.54) is 0 Å². The van der Waals surface area contributed by atoms with E-state index in [4.69, 9.17) is 9.47 Å². The van der Waals surface area contributed by atoms with E-state index in [2.05, 4.69) is 0 Å². The summed E-state index contributed by atoms with van der Waals surface area (Å²) in [5.41, 5.74) is 0.655. The molecule has 18 heavy (non-hydrogen) atoms. The molecule has 0 amide bonds. The van der Waals surface area contributed by atoms with Crippen LogP contribution in [0.15, 0.2) is 23.3 Å². The molecular formula is C14H16O4. The van der Waals surface area contributed by atoms with Gasteiger partial charge in [-0.1, -0.05) is 26.0 Å². The standard InChI is InChI=1S/C14H16O4/c1-7-5-13(3)9(17-11(7)15)10-14(13,4)6-8(2)12(16)18-10/h5-6,9-10H,1-4H3/t9-,10+,13-,14+. The van der Waals surface area contributed by atoms with E-state index in [1.54, 1.807) is 13.8 Å². The second-order valence-corrected chi connectivity index (χ2v) is 5.87. The normalized spacial score (nSPS) is 45.8. The van der Waals surface area contributed by atoms with E-state index in [9.17, 15) is 9.59 Å². The lowest BCUT2D eigenvalue weighted by atomic mass is 9.45. The van der Waals surface area contributed by atoms with Crippen molar-refractivity contribution in [2.75, 3.05) is 0 Å². The molecule has 0 aromatic heterocycles. The molecule has 2 heterocycles. The number of esters is 2. The Morgan fingerprint density at radius 1 is 0.889 bits per heavy atom. The molecule has 0 saturated heterocycles. The predicted octanol–water partition coefficient (Wildman–Crippen LogP) is 1.76. The van der Waals surface area contributed by atoms with Crippen LogP contribution in [0.3, 0.4) is 0 Å². The van der Waals surface area contributed by atoms with Crippen molar-refractivity contribution in [1.29, 1.82) is 0 Å². The molecule has 4 nitrogen and oxygen atoms in total. The summed E-state index contributed by atoms with van der Waals surface area (Å²) in [5, 5.41) is 0. The summed E-state index contributed by atoms with van der Waals surface area (Å²) in [6, 6.07) is 0. The van der Waals surface area contributed by atoms with E-state index in [0.717, 1.165) is 0 Å². The Bertz CT molecular complexity index is 482. The van der Waals surface area contributed by atoms with Crippen LogP contribution >= 0.6 is 0 Å². The van der Waals surface area contributed by atoms with Gasteiger partial charge in [-0.3, -0.25) is 0 Å². The minimum absolute atomic E-state index is 0.294. The number of rotatable bonds is 0. The van der Waals surface area contributed by atoms with Crippen molar-refractivity contribution in [3.05, 3.63) is 23.3 Å². The Labute approximate surface area is 106 Å². The Balaban J connectivity index is 2.12. The Morgan fingerprint density at radius 2 is 1.22 bits per heavy atom. The van der Waals surface area contributed by atoms with Gasteiger partial charge in [-0.2, -0.15) is 0 Å². The quantitative estimate of drug-likeness (QED) is 0.613. The zero-order valence-electron chi connectivity index (χ0n) is 10.9. The minimum atomic E-state index is -0.369. The Hall–Kier alpha value is -1.58. The van der Waals surface area contributed by atoms with E-state index >= 15 is 0 Å². The van der Waals surface area contributed by atoms with Crippen molar-refractivity contribution in [1.82, 2.24) is 0 Å². The maximum atomic E-state index is 11.6. The Kier molecular flexibility index (Phi) is 1.95. The molecule has 4 atom stereocenters. The number of hydrogen-bond acceptors (Lipinski definition) is 4. The SMILES string of the molecule is CC1=C[C@]2(C)[C@H](OC1=O)[C@@H]1OC(=O)C(C)=C[C@@]12C. The number of hydrogen-bond donors (Lipinski definition) is 0. The first kappa shape index (κ1) is 11.5. The first-order chi connectivity index (χ1) is 8.29. The van der Waals surface area contributed by atoms with E-state index < -0.39 is 0 Å². The van der Waals surface area contributed by atoms with Crippen LogP contribution in [0.5, 0.6) is 0 Å². The first-order valence-corrected chi connectivity index (χ1v) is 6.10. The molecule has 0 spiro atoms. The van der Waals surface area contributed by atoms with Gasteiger partial charge >= 0.3 is 11.9 Å². The minimum Gasteiger partial charge on any atom is -0.454 e. The van der Waals surface area contributed by atoms with Crippen LogP contribution in [0, 0.1) is 10.8 Å². The van der Waals surface area contributed by atoms with E-state index in [1.807, 2.05) is 26.0 Å². The van der Waals surface area contributed by atoms with E-state index in [-0.39, 0.29) is 35.0 Å². The van der Waals surface area contributed by atoms with Crippen LogP contribution in [0.1, 0.15) is 27.7 Å². The van der Waals surface area contributed by atoms with Gasteiger partial charge in [0, 0.05) is 22.0 Å². The fraction of sp³-hybridized carbons (Fsp3) is 0.571. The van der Waals surface area contributed by atoms with Gasteiger partial charge in [0.2, 0.25) is 0 Å². The van der Waals surface area contributed by atoms with Gasteiger partial charge in [0.15, 0.2) is 0 Å².